The van der Waals surface area contributed by atoms with Crippen LogP contribution in [0.1, 0.15) is 42.0 Å². The standard InChI is InChI=1S/C22H28N2/c1-18-9-5-6-12-20(18)16-24-21(17-23-13-7-8-14-23)15-22(24)19-10-3-2-4-11-19/h2-6,9-12,21-22H,7-8,13-17H2,1H3. The molecule has 2 saturated heterocycles. The van der Waals surface area contributed by atoms with E-state index in [-0.39, 0.29) is 0 Å². The van der Waals surface area contributed by atoms with E-state index in [1.54, 1.807) is 0 Å². The summed E-state index contributed by atoms with van der Waals surface area (Å²) in [4.78, 5) is 5.40. The summed E-state index contributed by atoms with van der Waals surface area (Å²) in [6.45, 7) is 7.15. The van der Waals surface area contributed by atoms with Gasteiger partial charge < -0.3 is 4.90 Å². The van der Waals surface area contributed by atoms with E-state index < -0.39 is 0 Å². The molecule has 2 aromatic carbocycles. The minimum Gasteiger partial charge on any atom is -0.302 e. The average molecular weight is 320 g/mol. The third-order valence-electron chi connectivity index (χ3n) is 5.83. The van der Waals surface area contributed by atoms with Crippen LogP contribution in [0.3, 0.4) is 0 Å². The van der Waals surface area contributed by atoms with Gasteiger partial charge in [0.2, 0.25) is 0 Å². The van der Waals surface area contributed by atoms with E-state index >= 15 is 0 Å². The SMILES string of the molecule is Cc1ccccc1CN1C(CN2CCCC2)CC1c1ccccc1. The van der Waals surface area contributed by atoms with Gasteiger partial charge >= 0.3 is 0 Å². The zero-order valence-corrected chi connectivity index (χ0v) is 14.7. The average Bonchev–Trinajstić information content (AvgIpc) is 3.11. The lowest BCUT2D eigenvalue weighted by molar-refractivity contribution is -0.0117. The predicted molar refractivity (Wildman–Crippen MR) is 100.0 cm³/mol. The lowest BCUT2D eigenvalue weighted by atomic mass is 9.86. The van der Waals surface area contributed by atoms with Gasteiger partial charge in [-0.3, -0.25) is 4.90 Å². The molecule has 24 heavy (non-hydrogen) atoms. The number of likely N-dealkylation sites (tertiary alicyclic amines) is 2. The molecule has 0 radical (unpaired) electrons. The molecule has 2 aliphatic heterocycles. The van der Waals surface area contributed by atoms with Crippen molar-refractivity contribution in [2.24, 2.45) is 0 Å². The highest BCUT2D eigenvalue weighted by Gasteiger charge is 2.40. The fourth-order valence-corrected chi connectivity index (χ4v) is 4.31. The molecule has 2 nitrogen and oxygen atoms in total. The Morgan fingerprint density at radius 2 is 1.62 bits per heavy atom. The number of rotatable bonds is 5. The van der Waals surface area contributed by atoms with Crippen LogP contribution in [-0.2, 0) is 6.54 Å². The van der Waals surface area contributed by atoms with Crippen molar-refractivity contribution in [2.45, 2.75) is 44.8 Å². The highest BCUT2D eigenvalue weighted by molar-refractivity contribution is 5.28. The van der Waals surface area contributed by atoms with E-state index in [2.05, 4.69) is 71.3 Å². The van der Waals surface area contributed by atoms with Crippen molar-refractivity contribution >= 4 is 0 Å². The first-order valence-corrected chi connectivity index (χ1v) is 9.39. The summed E-state index contributed by atoms with van der Waals surface area (Å²) in [7, 11) is 0. The first-order valence-electron chi connectivity index (χ1n) is 9.39. The summed E-state index contributed by atoms with van der Waals surface area (Å²) >= 11 is 0. The first-order chi connectivity index (χ1) is 11.8. The number of hydrogen-bond acceptors (Lipinski definition) is 2. The maximum absolute atomic E-state index is 2.73. The van der Waals surface area contributed by atoms with Gasteiger partial charge in [0.05, 0.1) is 0 Å². The van der Waals surface area contributed by atoms with Crippen molar-refractivity contribution in [2.75, 3.05) is 19.6 Å². The fraction of sp³-hybridized carbons (Fsp3) is 0.455. The van der Waals surface area contributed by atoms with Crippen LogP contribution in [0, 0.1) is 6.92 Å². The molecule has 2 aliphatic rings. The highest BCUT2D eigenvalue weighted by atomic mass is 15.3. The maximum Gasteiger partial charge on any atom is 0.0370 e. The van der Waals surface area contributed by atoms with Crippen LogP contribution in [0.5, 0.6) is 0 Å². The lowest BCUT2D eigenvalue weighted by Crippen LogP contribution is -2.54. The normalized spacial score (nSPS) is 24.9. The first kappa shape index (κ1) is 15.9. The maximum atomic E-state index is 2.73. The fourth-order valence-electron chi connectivity index (χ4n) is 4.31. The number of benzene rings is 2. The van der Waals surface area contributed by atoms with E-state index in [0.29, 0.717) is 12.1 Å². The molecule has 2 unspecified atom stereocenters. The van der Waals surface area contributed by atoms with E-state index in [4.69, 9.17) is 0 Å². The van der Waals surface area contributed by atoms with E-state index in [1.165, 1.54) is 55.6 Å². The van der Waals surface area contributed by atoms with Crippen LogP contribution in [-0.4, -0.2) is 35.5 Å². The molecule has 4 rings (SSSR count). The molecular weight excluding hydrogens is 292 g/mol. The molecule has 0 bridgehead atoms. The Balaban J connectivity index is 1.52. The predicted octanol–water partition coefficient (Wildman–Crippen LogP) is 4.41. The van der Waals surface area contributed by atoms with E-state index in [0.717, 1.165) is 6.54 Å². The van der Waals surface area contributed by atoms with Gasteiger partial charge in [-0.05, 0) is 56.0 Å². The Labute approximate surface area is 146 Å². The molecule has 0 amide bonds. The van der Waals surface area contributed by atoms with Gasteiger partial charge in [-0.1, -0.05) is 54.6 Å². The van der Waals surface area contributed by atoms with Gasteiger partial charge in [-0.25, -0.2) is 0 Å². The van der Waals surface area contributed by atoms with Crippen LogP contribution in [0.2, 0.25) is 0 Å². The molecule has 2 fully saturated rings. The van der Waals surface area contributed by atoms with Crippen molar-refractivity contribution in [1.29, 1.82) is 0 Å². The van der Waals surface area contributed by atoms with Crippen LogP contribution in [0.25, 0.3) is 0 Å². The second kappa shape index (κ2) is 7.08. The van der Waals surface area contributed by atoms with Gasteiger partial charge in [-0.2, -0.15) is 0 Å². The smallest absolute Gasteiger partial charge is 0.0370 e. The van der Waals surface area contributed by atoms with Crippen molar-refractivity contribution in [3.05, 3.63) is 71.3 Å². The largest absolute Gasteiger partial charge is 0.302 e. The second-order valence-corrected chi connectivity index (χ2v) is 7.42. The summed E-state index contributed by atoms with van der Waals surface area (Å²) in [5.41, 5.74) is 4.37. The summed E-state index contributed by atoms with van der Waals surface area (Å²) in [5.74, 6) is 0. The Morgan fingerprint density at radius 1 is 0.917 bits per heavy atom. The van der Waals surface area contributed by atoms with Crippen molar-refractivity contribution in [3.8, 4) is 0 Å². The zero-order chi connectivity index (χ0) is 16.4. The minimum absolute atomic E-state index is 0.582. The number of hydrogen-bond donors (Lipinski definition) is 0. The number of aryl methyl sites for hydroxylation is 1. The molecule has 0 N–H and O–H groups in total. The monoisotopic (exact) mass is 320 g/mol. The molecular formula is C22H28N2. The summed E-state index contributed by atoms with van der Waals surface area (Å²) in [6.07, 6.45) is 4.06. The van der Waals surface area contributed by atoms with E-state index in [9.17, 15) is 0 Å². The molecule has 0 aromatic heterocycles. The van der Waals surface area contributed by atoms with Crippen molar-refractivity contribution < 1.29 is 0 Å². The third kappa shape index (κ3) is 3.26. The van der Waals surface area contributed by atoms with Crippen LogP contribution in [0.15, 0.2) is 54.6 Å². The third-order valence-corrected chi connectivity index (χ3v) is 5.83. The molecule has 2 aromatic rings. The van der Waals surface area contributed by atoms with Crippen molar-refractivity contribution in [3.63, 3.8) is 0 Å². The van der Waals surface area contributed by atoms with Gasteiger partial charge in [0, 0.05) is 25.2 Å². The summed E-state index contributed by atoms with van der Waals surface area (Å²) < 4.78 is 0. The molecule has 0 spiro atoms. The molecule has 2 atom stereocenters. The molecule has 126 valence electrons. The zero-order valence-electron chi connectivity index (χ0n) is 14.7. The van der Waals surface area contributed by atoms with Gasteiger partial charge in [0.15, 0.2) is 0 Å². The topological polar surface area (TPSA) is 6.48 Å². The van der Waals surface area contributed by atoms with Crippen LogP contribution < -0.4 is 0 Å². The highest BCUT2D eigenvalue weighted by Crippen LogP contribution is 2.40. The summed E-state index contributed by atoms with van der Waals surface area (Å²) in [6, 6.07) is 21.2. The second-order valence-electron chi connectivity index (χ2n) is 7.42. The minimum atomic E-state index is 0.582. The summed E-state index contributed by atoms with van der Waals surface area (Å²) in [5, 5.41) is 0. The number of nitrogens with zero attached hydrogens (tertiary/aromatic N) is 2. The van der Waals surface area contributed by atoms with E-state index in [1.807, 2.05) is 0 Å². The van der Waals surface area contributed by atoms with Crippen LogP contribution in [0.4, 0.5) is 0 Å². The van der Waals surface area contributed by atoms with Crippen LogP contribution >= 0.6 is 0 Å². The Kier molecular flexibility index (Phi) is 4.68. The van der Waals surface area contributed by atoms with Gasteiger partial charge in [-0.15, -0.1) is 0 Å². The quantitative estimate of drug-likeness (QED) is 0.805. The molecule has 0 aliphatic carbocycles. The van der Waals surface area contributed by atoms with Crippen molar-refractivity contribution in [1.82, 2.24) is 9.80 Å². The van der Waals surface area contributed by atoms with Gasteiger partial charge in [0.25, 0.3) is 0 Å². The molecule has 0 saturated carbocycles. The Morgan fingerprint density at radius 3 is 2.38 bits per heavy atom. The molecule has 2 heteroatoms. The lowest BCUT2D eigenvalue weighted by Gasteiger charge is -2.50. The Hall–Kier alpha value is -1.64. The molecule has 2 heterocycles. The van der Waals surface area contributed by atoms with Gasteiger partial charge in [0.1, 0.15) is 0 Å². The Bertz CT molecular complexity index is 661.